The first kappa shape index (κ1) is 21.5. The number of hydrogen-bond donors (Lipinski definition) is 2. The maximum absolute atomic E-state index is 6.04. The molecule has 0 bridgehead atoms. The second kappa shape index (κ2) is 10.6. The molecule has 0 aliphatic carbocycles. The molecule has 162 valence electrons. The minimum absolute atomic E-state index is 0.614. The molecular formula is C23H26BrN5O2. The summed E-state index contributed by atoms with van der Waals surface area (Å²) in [6, 6.07) is 13.9. The van der Waals surface area contributed by atoms with Gasteiger partial charge in [0.15, 0.2) is 11.6 Å². The van der Waals surface area contributed by atoms with E-state index in [0.717, 1.165) is 54.1 Å². The average molecular weight is 484 g/mol. The van der Waals surface area contributed by atoms with Crippen molar-refractivity contribution >= 4 is 27.3 Å². The second-order valence-electron chi connectivity index (χ2n) is 7.33. The molecule has 0 atom stereocenters. The molecule has 3 N–H and O–H groups in total. The Morgan fingerprint density at radius 2 is 1.90 bits per heavy atom. The summed E-state index contributed by atoms with van der Waals surface area (Å²) >= 11 is 3.48. The van der Waals surface area contributed by atoms with Crippen molar-refractivity contribution in [2.24, 2.45) is 0 Å². The number of hydrogen-bond acceptors (Lipinski definition) is 7. The van der Waals surface area contributed by atoms with E-state index in [4.69, 9.17) is 15.2 Å². The van der Waals surface area contributed by atoms with E-state index in [0.29, 0.717) is 30.4 Å². The Morgan fingerprint density at radius 1 is 1.10 bits per heavy atom. The number of halogens is 1. The number of morpholine rings is 1. The van der Waals surface area contributed by atoms with Gasteiger partial charge in [0.25, 0.3) is 0 Å². The number of nitrogens with zero attached hydrogens (tertiary/aromatic N) is 3. The lowest BCUT2D eigenvalue weighted by molar-refractivity contribution is 0.0322. The van der Waals surface area contributed by atoms with Gasteiger partial charge in [0.1, 0.15) is 6.61 Å². The fourth-order valence-electron chi connectivity index (χ4n) is 3.36. The quantitative estimate of drug-likeness (QED) is 0.471. The highest BCUT2D eigenvalue weighted by atomic mass is 79.9. The molecule has 0 saturated carbocycles. The van der Waals surface area contributed by atoms with Gasteiger partial charge in [-0.25, -0.2) is 9.97 Å². The van der Waals surface area contributed by atoms with Crippen molar-refractivity contribution in [2.75, 3.05) is 50.5 Å². The van der Waals surface area contributed by atoms with E-state index >= 15 is 0 Å². The zero-order chi connectivity index (χ0) is 21.5. The van der Waals surface area contributed by atoms with Crippen molar-refractivity contribution in [3.63, 3.8) is 0 Å². The Labute approximate surface area is 190 Å². The van der Waals surface area contributed by atoms with Gasteiger partial charge in [-0.3, -0.25) is 4.90 Å². The number of nitrogen functional groups attached to an aromatic ring is 1. The first-order valence-corrected chi connectivity index (χ1v) is 11.1. The number of anilines is 2. The van der Waals surface area contributed by atoms with Crippen LogP contribution in [0.1, 0.15) is 5.56 Å². The second-order valence-corrected chi connectivity index (χ2v) is 8.25. The van der Waals surface area contributed by atoms with E-state index < -0.39 is 0 Å². The number of benzene rings is 2. The van der Waals surface area contributed by atoms with Gasteiger partial charge in [0, 0.05) is 36.2 Å². The van der Waals surface area contributed by atoms with Crippen molar-refractivity contribution in [1.82, 2.24) is 14.9 Å². The van der Waals surface area contributed by atoms with Crippen molar-refractivity contribution < 1.29 is 9.47 Å². The van der Waals surface area contributed by atoms with Gasteiger partial charge in [-0.05, 0) is 29.8 Å². The Hall–Kier alpha value is -2.68. The zero-order valence-corrected chi connectivity index (χ0v) is 18.8. The van der Waals surface area contributed by atoms with Gasteiger partial charge in [0.2, 0.25) is 0 Å². The van der Waals surface area contributed by atoms with E-state index in [2.05, 4.69) is 48.2 Å². The molecule has 1 aromatic heterocycles. The number of nitrogens with two attached hydrogens (primary N) is 1. The van der Waals surface area contributed by atoms with Crippen LogP contribution in [-0.2, 0) is 11.3 Å². The smallest absolute Gasteiger partial charge is 0.159 e. The van der Waals surface area contributed by atoms with Crippen LogP contribution in [-0.4, -0.2) is 54.3 Å². The molecule has 1 aliphatic rings. The van der Waals surface area contributed by atoms with E-state index in [1.165, 1.54) is 0 Å². The molecule has 1 saturated heterocycles. The van der Waals surface area contributed by atoms with Crippen LogP contribution in [0.15, 0.2) is 59.3 Å². The first-order chi connectivity index (χ1) is 15.2. The van der Waals surface area contributed by atoms with Gasteiger partial charge in [0.05, 0.1) is 37.0 Å². The predicted molar refractivity (Wildman–Crippen MR) is 126 cm³/mol. The summed E-state index contributed by atoms with van der Waals surface area (Å²) in [5.41, 5.74) is 9.73. The van der Waals surface area contributed by atoms with E-state index in [1.807, 2.05) is 30.3 Å². The van der Waals surface area contributed by atoms with Gasteiger partial charge in [-0.15, -0.1) is 0 Å². The minimum Gasteiger partial charge on any atom is -0.489 e. The van der Waals surface area contributed by atoms with Crippen molar-refractivity contribution in [2.45, 2.75) is 6.54 Å². The van der Waals surface area contributed by atoms with Crippen LogP contribution in [0.2, 0.25) is 0 Å². The van der Waals surface area contributed by atoms with Crippen LogP contribution in [0, 0.1) is 0 Å². The monoisotopic (exact) mass is 483 g/mol. The molecule has 4 rings (SSSR count). The van der Waals surface area contributed by atoms with Crippen molar-refractivity contribution in [3.05, 3.63) is 64.9 Å². The molecule has 0 amide bonds. The molecule has 2 aromatic carbocycles. The standard InChI is InChI=1S/C23H26BrN5O2/c24-19-4-5-21(25)22(13-19)26-14-17-2-1-3-18(12-17)23-27-15-20(16-28-23)31-11-8-29-6-9-30-10-7-29/h1-5,12-13,15-16,26H,6-11,14,25H2. The van der Waals surface area contributed by atoms with Crippen LogP contribution in [0.25, 0.3) is 11.4 Å². The van der Waals surface area contributed by atoms with Crippen molar-refractivity contribution in [3.8, 4) is 17.1 Å². The SMILES string of the molecule is Nc1ccc(Br)cc1NCc1cccc(-c2ncc(OCCN3CCOCC3)cn2)c1. The van der Waals surface area contributed by atoms with Crippen LogP contribution < -0.4 is 15.8 Å². The molecule has 1 aliphatic heterocycles. The molecule has 8 heteroatoms. The molecule has 0 radical (unpaired) electrons. The number of rotatable bonds is 8. The third-order valence-corrected chi connectivity index (χ3v) is 5.58. The largest absolute Gasteiger partial charge is 0.489 e. The third kappa shape index (κ3) is 6.16. The van der Waals surface area contributed by atoms with Gasteiger partial charge >= 0.3 is 0 Å². The Morgan fingerprint density at radius 3 is 2.71 bits per heavy atom. The predicted octanol–water partition coefficient (Wildman–Crippen LogP) is 3.81. The van der Waals surface area contributed by atoms with Gasteiger partial charge in [-0.1, -0.05) is 34.1 Å². The summed E-state index contributed by atoms with van der Waals surface area (Å²) in [5, 5.41) is 3.38. The van der Waals surface area contributed by atoms with Crippen LogP contribution in [0.4, 0.5) is 11.4 Å². The fourth-order valence-corrected chi connectivity index (χ4v) is 3.72. The van der Waals surface area contributed by atoms with E-state index in [9.17, 15) is 0 Å². The molecule has 0 spiro atoms. The molecule has 2 heterocycles. The Kier molecular flexibility index (Phi) is 7.35. The van der Waals surface area contributed by atoms with Crippen LogP contribution in [0.5, 0.6) is 5.75 Å². The normalized spacial score (nSPS) is 14.4. The first-order valence-electron chi connectivity index (χ1n) is 10.3. The zero-order valence-electron chi connectivity index (χ0n) is 17.3. The summed E-state index contributed by atoms with van der Waals surface area (Å²) in [6.07, 6.45) is 3.46. The topological polar surface area (TPSA) is 85.5 Å². The molecule has 7 nitrogen and oxygen atoms in total. The lowest BCUT2D eigenvalue weighted by Gasteiger charge is -2.26. The molecule has 3 aromatic rings. The van der Waals surface area contributed by atoms with E-state index in [-0.39, 0.29) is 0 Å². The molecular weight excluding hydrogens is 458 g/mol. The number of aromatic nitrogens is 2. The maximum Gasteiger partial charge on any atom is 0.159 e. The average Bonchev–Trinajstić information content (AvgIpc) is 2.81. The summed E-state index contributed by atoms with van der Waals surface area (Å²) in [5.74, 6) is 1.35. The third-order valence-electron chi connectivity index (χ3n) is 5.09. The number of ether oxygens (including phenoxy) is 2. The Bertz CT molecular complexity index is 994. The van der Waals surface area contributed by atoms with Crippen LogP contribution in [0.3, 0.4) is 0 Å². The fraction of sp³-hybridized carbons (Fsp3) is 0.304. The summed E-state index contributed by atoms with van der Waals surface area (Å²) < 4.78 is 12.1. The maximum atomic E-state index is 6.04. The summed E-state index contributed by atoms with van der Waals surface area (Å²) in [7, 11) is 0. The highest BCUT2D eigenvalue weighted by Gasteiger charge is 2.10. The van der Waals surface area contributed by atoms with Gasteiger partial charge in [-0.2, -0.15) is 0 Å². The summed E-state index contributed by atoms with van der Waals surface area (Å²) in [4.78, 5) is 11.3. The molecule has 1 fully saturated rings. The molecule has 31 heavy (non-hydrogen) atoms. The van der Waals surface area contributed by atoms with Crippen LogP contribution >= 0.6 is 15.9 Å². The van der Waals surface area contributed by atoms with Crippen molar-refractivity contribution in [1.29, 1.82) is 0 Å². The number of nitrogens with one attached hydrogen (secondary N) is 1. The lowest BCUT2D eigenvalue weighted by Crippen LogP contribution is -2.38. The Balaban J connectivity index is 1.33. The highest BCUT2D eigenvalue weighted by Crippen LogP contribution is 2.24. The molecule has 0 unspecified atom stereocenters. The van der Waals surface area contributed by atoms with Gasteiger partial charge < -0.3 is 20.5 Å². The lowest BCUT2D eigenvalue weighted by atomic mass is 10.1. The van der Waals surface area contributed by atoms with E-state index in [1.54, 1.807) is 12.4 Å². The highest BCUT2D eigenvalue weighted by molar-refractivity contribution is 9.10. The summed E-state index contributed by atoms with van der Waals surface area (Å²) in [6.45, 7) is 5.64. The minimum atomic E-state index is 0.614.